The first-order valence-corrected chi connectivity index (χ1v) is 11.8. The van der Waals surface area contributed by atoms with E-state index in [-0.39, 0.29) is 10.8 Å². The Bertz CT molecular complexity index is 1290. The number of carbonyl (C=O) groups is 2. The number of nitrogens with two attached hydrogens (primary N) is 1. The van der Waals surface area contributed by atoms with Crippen molar-refractivity contribution in [2.75, 3.05) is 11.3 Å². The van der Waals surface area contributed by atoms with Gasteiger partial charge in [0.25, 0.3) is 10.0 Å². The number of carbonyl (C=O) groups excluding carboxylic acids is 2. The van der Waals surface area contributed by atoms with E-state index in [1.54, 1.807) is 60.7 Å². The molecule has 0 saturated carbocycles. The molecule has 0 atom stereocenters. The smallest absolute Gasteiger partial charge is 0.261 e. The largest absolute Gasteiger partial charge is 0.366 e. The molecule has 0 fully saturated rings. The van der Waals surface area contributed by atoms with Gasteiger partial charge < -0.3 is 11.1 Å². The lowest BCUT2D eigenvalue weighted by molar-refractivity contribution is -0.116. The number of sulfonamides is 1. The highest BCUT2D eigenvalue weighted by Crippen LogP contribution is 2.24. The molecule has 7 nitrogen and oxygen atoms in total. The molecule has 2 amide bonds. The number of primary amides is 1. The normalized spacial score (nSPS) is 11.3. The highest BCUT2D eigenvalue weighted by atomic mass is 35.5. The number of nitrogens with one attached hydrogen (secondary N) is 2. The van der Waals surface area contributed by atoms with E-state index in [2.05, 4.69) is 10.0 Å². The number of halogens is 1. The van der Waals surface area contributed by atoms with Gasteiger partial charge in [0.1, 0.15) is 0 Å². The summed E-state index contributed by atoms with van der Waals surface area (Å²) < 4.78 is 27.5. The summed E-state index contributed by atoms with van der Waals surface area (Å²) in [6, 6.07) is 19.6. The second-order valence-electron chi connectivity index (χ2n) is 7.09. The van der Waals surface area contributed by atoms with Gasteiger partial charge in [-0.2, -0.15) is 0 Å². The van der Waals surface area contributed by atoms with Gasteiger partial charge in [-0.3, -0.25) is 14.3 Å². The predicted molar refractivity (Wildman–Crippen MR) is 129 cm³/mol. The minimum atomic E-state index is -3.80. The van der Waals surface area contributed by atoms with Crippen LogP contribution in [0.15, 0.2) is 83.8 Å². The molecule has 0 radical (unpaired) electrons. The van der Waals surface area contributed by atoms with Gasteiger partial charge in [0.05, 0.1) is 15.6 Å². The molecule has 0 aliphatic carbocycles. The van der Waals surface area contributed by atoms with Crippen LogP contribution in [0.4, 0.5) is 5.69 Å². The number of hydrogen-bond donors (Lipinski definition) is 3. The number of hydrogen-bond acceptors (Lipinski definition) is 4. The maximum absolute atomic E-state index is 12.5. The molecule has 3 aromatic rings. The van der Waals surface area contributed by atoms with Crippen LogP contribution in [0.25, 0.3) is 6.08 Å². The SMILES string of the molecule is NC(=O)c1cccc(CCNC(=O)/C=C/c2ccc(S(=O)(=O)Nc3ccccc3Cl)cc2)c1. The van der Waals surface area contributed by atoms with E-state index in [1.165, 1.54) is 18.2 Å². The Morgan fingerprint density at radius 2 is 1.70 bits per heavy atom. The van der Waals surface area contributed by atoms with Crippen molar-refractivity contribution in [2.45, 2.75) is 11.3 Å². The summed E-state index contributed by atoms with van der Waals surface area (Å²) in [6.07, 6.45) is 3.50. The maximum Gasteiger partial charge on any atom is 0.261 e. The first kappa shape index (κ1) is 24.0. The molecule has 0 aliphatic rings. The third-order valence-electron chi connectivity index (χ3n) is 4.66. The Morgan fingerprint density at radius 3 is 2.39 bits per heavy atom. The van der Waals surface area contributed by atoms with Crippen LogP contribution in [-0.4, -0.2) is 26.8 Å². The Kier molecular flexibility index (Phi) is 7.87. The maximum atomic E-state index is 12.5. The van der Waals surface area contributed by atoms with E-state index in [0.29, 0.717) is 34.8 Å². The van der Waals surface area contributed by atoms with Crippen molar-refractivity contribution >= 4 is 45.2 Å². The van der Waals surface area contributed by atoms with Crippen LogP contribution < -0.4 is 15.8 Å². The molecule has 3 rings (SSSR count). The van der Waals surface area contributed by atoms with Crippen molar-refractivity contribution in [3.63, 3.8) is 0 Å². The van der Waals surface area contributed by atoms with Crippen LogP contribution in [0.1, 0.15) is 21.5 Å². The molecule has 33 heavy (non-hydrogen) atoms. The fourth-order valence-electron chi connectivity index (χ4n) is 2.95. The van der Waals surface area contributed by atoms with Crippen molar-refractivity contribution in [2.24, 2.45) is 5.73 Å². The Balaban J connectivity index is 1.54. The quantitative estimate of drug-likeness (QED) is 0.403. The van der Waals surface area contributed by atoms with Crippen molar-refractivity contribution < 1.29 is 18.0 Å². The van der Waals surface area contributed by atoms with E-state index >= 15 is 0 Å². The van der Waals surface area contributed by atoms with Gasteiger partial charge in [0.15, 0.2) is 0 Å². The molecule has 0 unspecified atom stereocenters. The summed E-state index contributed by atoms with van der Waals surface area (Å²) in [5, 5.41) is 3.06. The number of para-hydroxylation sites is 1. The lowest BCUT2D eigenvalue weighted by Gasteiger charge is -2.09. The van der Waals surface area contributed by atoms with Gasteiger partial charge >= 0.3 is 0 Å². The summed E-state index contributed by atoms with van der Waals surface area (Å²) in [5.74, 6) is -0.791. The van der Waals surface area contributed by atoms with Gasteiger partial charge in [-0.25, -0.2) is 8.42 Å². The van der Waals surface area contributed by atoms with Crippen LogP contribution in [0.5, 0.6) is 0 Å². The Hall–Kier alpha value is -3.62. The monoisotopic (exact) mass is 483 g/mol. The van der Waals surface area contributed by atoms with Gasteiger partial charge in [0.2, 0.25) is 11.8 Å². The molecule has 0 aliphatic heterocycles. The lowest BCUT2D eigenvalue weighted by Crippen LogP contribution is -2.23. The molecule has 0 bridgehead atoms. The molecule has 170 valence electrons. The molecule has 3 aromatic carbocycles. The molecule has 0 saturated heterocycles. The van der Waals surface area contributed by atoms with Crippen molar-refractivity contribution in [3.8, 4) is 0 Å². The third-order valence-corrected chi connectivity index (χ3v) is 6.37. The molecular weight excluding hydrogens is 462 g/mol. The van der Waals surface area contributed by atoms with Crippen LogP contribution >= 0.6 is 11.6 Å². The van der Waals surface area contributed by atoms with Gasteiger partial charge in [-0.15, -0.1) is 0 Å². The fourth-order valence-corrected chi connectivity index (χ4v) is 4.27. The molecule has 0 heterocycles. The first-order chi connectivity index (χ1) is 15.7. The number of amides is 2. The highest BCUT2D eigenvalue weighted by molar-refractivity contribution is 7.92. The van der Waals surface area contributed by atoms with Crippen LogP contribution in [0, 0.1) is 0 Å². The summed E-state index contributed by atoms with van der Waals surface area (Å²) in [5.41, 5.74) is 7.53. The van der Waals surface area contributed by atoms with Crippen LogP contribution in [0.3, 0.4) is 0 Å². The van der Waals surface area contributed by atoms with Crippen LogP contribution in [-0.2, 0) is 21.2 Å². The van der Waals surface area contributed by atoms with E-state index in [4.69, 9.17) is 17.3 Å². The predicted octanol–water partition coefficient (Wildman–Crippen LogP) is 3.61. The summed E-state index contributed by atoms with van der Waals surface area (Å²) in [7, 11) is -3.80. The minimum absolute atomic E-state index is 0.0715. The van der Waals surface area contributed by atoms with Gasteiger partial charge in [-0.05, 0) is 60.0 Å². The summed E-state index contributed by atoms with van der Waals surface area (Å²) in [6.45, 7) is 0.385. The zero-order valence-corrected chi connectivity index (χ0v) is 19.1. The van der Waals surface area contributed by atoms with E-state index < -0.39 is 15.9 Å². The van der Waals surface area contributed by atoms with Crippen molar-refractivity contribution in [1.29, 1.82) is 0 Å². The molecule has 9 heteroatoms. The third kappa shape index (κ3) is 6.93. The average Bonchev–Trinajstić information content (AvgIpc) is 2.79. The molecule has 0 spiro atoms. The number of anilines is 1. The van der Waals surface area contributed by atoms with E-state index in [0.717, 1.165) is 5.56 Å². The number of rotatable bonds is 9. The van der Waals surface area contributed by atoms with E-state index in [9.17, 15) is 18.0 Å². The summed E-state index contributed by atoms with van der Waals surface area (Å²) in [4.78, 5) is 23.4. The topological polar surface area (TPSA) is 118 Å². The second kappa shape index (κ2) is 10.8. The zero-order valence-electron chi connectivity index (χ0n) is 17.5. The second-order valence-corrected chi connectivity index (χ2v) is 9.18. The molecular formula is C24H22ClN3O4S. The highest BCUT2D eigenvalue weighted by Gasteiger charge is 2.15. The van der Waals surface area contributed by atoms with Crippen molar-refractivity contribution in [1.82, 2.24) is 5.32 Å². The molecule has 4 N–H and O–H groups in total. The van der Waals surface area contributed by atoms with E-state index in [1.807, 2.05) is 6.07 Å². The first-order valence-electron chi connectivity index (χ1n) is 9.97. The number of benzene rings is 3. The molecule has 0 aromatic heterocycles. The lowest BCUT2D eigenvalue weighted by atomic mass is 10.1. The Labute approximate surface area is 197 Å². The van der Waals surface area contributed by atoms with Gasteiger partial charge in [0, 0.05) is 18.2 Å². The standard InChI is InChI=1S/C24H22ClN3O4S/c25-21-6-1-2-7-22(21)28-33(31,32)20-11-8-17(9-12-20)10-13-23(29)27-15-14-18-4-3-5-19(16-18)24(26)30/h1-13,16,28H,14-15H2,(H2,26,30)(H,27,29)/b13-10+. The fraction of sp³-hybridized carbons (Fsp3) is 0.0833. The van der Waals surface area contributed by atoms with Gasteiger partial charge in [-0.1, -0.05) is 48.0 Å². The minimum Gasteiger partial charge on any atom is -0.366 e. The zero-order chi connectivity index (χ0) is 23.8. The summed E-state index contributed by atoms with van der Waals surface area (Å²) >= 11 is 6.01. The van der Waals surface area contributed by atoms with Crippen LogP contribution in [0.2, 0.25) is 5.02 Å². The Morgan fingerprint density at radius 1 is 0.970 bits per heavy atom. The average molecular weight is 484 g/mol. The van der Waals surface area contributed by atoms with Crippen molar-refractivity contribution in [3.05, 3.63) is 101 Å².